The molecule has 0 bridgehead atoms. The number of hydrogen-bond donors (Lipinski definition) is 4. The molecule has 3 amide bonds. The Morgan fingerprint density at radius 1 is 1.44 bits per heavy atom. The summed E-state index contributed by atoms with van der Waals surface area (Å²) < 4.78 is 0. The van der Waals surface area contributed by atoms with Crippen LogP contribution in [0.3, 0.4) is 0 Å². The number of thioether (sulfide) groups is 1. The van der Waals surface area contributed by atoms with E-state index in [4.69, 9.17) is 10.8 Å². The van der Waals surface area contributed by atoms with Crippen LogP contribution in [0.1, 0.15) is 6.92 Å². The second kappa shape index (κ2) is 7.94. The number of rotatable bonds is 6. The van der Waals surface area contributed by atoms with Crippen molar-refractivity contribution in [1.29, 1.82) is 0 Å². The lowest BCUT2D eigenvalue weighted by Gasteiger charge is -2.06. The first-order chi connectivity index (χ1) is 7.47. The lowest BCUT2D eigenvalue weighted by molar-refractivity contribution is -0.138. The first-order valence-electron chi connectivity index (χ1n) is 4.61. The molecule has 0 rings (SSSR count). The minimum atomic E-state index is -1.11. The van der Waals surface area contributed by atoms with E-state index in [1.165, 1.54) is 0 Å². The van der Waals surface area contributed by atoms with Crippen LogP contribution in [0.5, 0.6) is 0 Å². The fourth-order valence-corrected chi connectivity index (χ4v) is 1.49. The monoisotopic (exact) mass is 249 g/mol. The van der Waals surface area contributed by atoms with Crippen LogP contribution in [0.2, 0.25) is 0 Å². The van der Waals surface area contributed by atoms with Crippen LogP contribution in [0, 0.1) is 0 Å². The van der Waals surface area contributed by atoms with Gasteiger partial charge in [0.15, 0.2) is 0 Å². The average Bonchev–Trinajstić information content (AvgIpc) is 2.17. The minimum Gasteiger partial charge on any atom is -0.480 e. The van der Waals surface area contributed by atoms with E-state index in [2.05, 4.69) is 10.6 Å². The van der Waals surface area contributed by atoms with Gasteiger partial charge in [0.1, 0.15) is 6.04 Å². The summed E-state index contributed by atoms with van der Waals surface area (Å²) in [5, 5.41) is 12.9. The zero-order valence-electron chi connectivity index (χ0n) is 8.86. The Balaban J connectivity index is 3.66. The molecule has 16 heavy (non-hydrogen) atoms. The first kappa shape index (κ1) is 14.7. The maximum absolute atomic E-state index is 11.1. The zero-order valence-corrected chi connectivity index (χ0v) is 9.67. The number of imide groups is 1. The quantitative estimate of drug-likeness (QED) is 0.478. The summed E-state index contributed by atoms with van der Waals surface area (Å²) in [6.45, 7) is 2.15. The Morgan fingerprint density at radius 3 is 2.56 bits per heavy atom. The average molecular weight is 249 g/mol. The molecule has 0 saturated carbocycles. The van der Waals surface area contributed by atoms with Crippen molar-refractivity contribution in [3.8, 4) is 0 Å². The molecule has 0 fully saturated rings. The molecular formula is C8H15N3O4S. The molecule has 7 nitrogen and oxygen atoms in total. The molecule has 5 N–H and O–H groups in total. The van der Waals surface area contributed by atoms with Crippen LogP contribution in [-0.4, -0.2) is 47.1 Å². The predicted molar refractivity (Wildman–Crippen MR) is 60.2 cm³/mol. The Morgan fingerprint density at radius 2 is 2.06 bits per heavy atom. The molecule has 0 aliphatic heterocycles. The van der Waals surface area contributed by atoms with Crippen molar-refractivity contribution in [2.24, 2.45) is 5.73 Å². The highest BCUT2D eigenvalue weighted by Crippen LogP contribution is 2.01. The molecule has 92 valence electrons. The highest BCUT2D eigenvalue weighted by Gasteiger charge is 2.13. The van der Waals surface area contributed by atoms with Crippen molar-refractivity contribution in [2.45, 2.75) is 13.0 Å². The third-order valence-corrected chi connectivity index (χ3v) is 2.50. The van der Waals surface area contributed by atoms with Gasteiger partial charge in [0.2, 0.25) is 5.91 Å². The van der Waals surface area contributed by atoms with Gasteiger partial charge in [0, 0.05) is 12.3 Å². The van der Waals surface area contributed by atoms with E-state index in [1.54, 1.807) is 6.92 Å². The van der Waals surface area contributed by atoms with E-state index in [9.17, 15) is 14.4 Å². The molecule has 8 heteroatoms. The number of nitrogens with two attached hydrogens (primary N) is 1. The summed E-state index contributed by atoms with van der Waals surface area (Å²) in [6.07, 6.45) is 0. The third-order valence-electron chi connectivity index (χ3n) is 1.44. The van der Waals surface area contributed by atoms with Gasteiger partial charge < -0.3 is 16.2 Å². The van der Waals surface area contributed by atoms with Gasteiger partial charge in [-0.05, 0) is 6.92 Å². The van der Waals surface area contributed by atoms with Gasteiger partial charge in [-0.25, -0.2) is 4.79 Å². The van der Waals surface area contributed by atoms with E-state index >= 15 is 0 Å². The number of nitrogens with one attached hydrogen (secondary N) is 2. The SMILES string of the molecule is CCNC(=O)NC(=O)CSC[C@@H](N)C(=O)O. The van der Waals surface area contributed by atoms with E-state index in [-0.39, 0.29) is 11.5 Å². The second-order valence-corrected chi connectivity index (χ2v) is 3.90. The molecule has 0 radical (unpaired) electrons. The fourth-order valence-electron chi connectivity index (χ4n) is 0.717. The molecule has 0 aliphatic carbocycles. The van der Waals surface area contributed by atoms with Gasteiger partial charge in [-0.15, -0.1) is 11.8 Å². The molecule has 0 saturated heterocycles. The fraction of sp³-hybridized carbons (Fsp3) is 0.625. The van der Waals surface area contributed by atoms with Crippen molar-refractivity contribution in [1.82, 2.24) is 10.6 Å². The van der Waals surface area contributed by atoms with Crippen molar-refractivity contribution in [3.63, 3.8) is 0 Å². The van der Waals surface area contributed by atoms with Crippen molar-refractivity contribution >= 4 is 29.7 Å². The first-order valence-corrected chi connectivity index (χ1v) is 5.76. The Labute approximate surface area is 97.1 Å². The van der Waals surface area contributed by atoms with Crippen molar-refractivity contribution in [3.05, 3.63) is 0 Å². The summed E-state index contributed by atoms with van der Waals surface area (Å²) in [5.74, 6) is -1.47. The van der Waals surface area contributed by atoms with Crippen LogP contribution < -0.4 is 16.4 Å². The highest BCUT2D eigenvalue weighted by molar-refractivity contribution is 8.00. The molecule has 0 heterocycles. The van der Waals surface area contributed by atoms with E-state index < -0.39 is 23.9 Å². The van der Waals surface area contributed by atoms with Gasteiger partial charge in [-0.3, -0.25) is 14.9 Å². The normalized spacial score (nSPS) is 11.6. The molecule has 0 aromatic carbocycles. The van der Waals surface area contributed by atoms with E-state index in [0.29, 0.717) is 6.54 Å². The summed E-state index contributed by atoms with van der Waals surface area (Å²) in [4.78, 5) is 32.3. The Bertz CT molecular complexity index is 272. The molecule has 1 atom stereocenters. The third kappa shape index (κ3) is 7.07. The molecule has 0 aromatic rings. The Kier molecular flexibility index (Phi) is 7.31. The lowest BCUT2D eigenvalue weighted by Crippen LogP contribution is -2.40. The topological polar surface area (TPSA) is 122 Å². The standard InChI is InChI=1S/C8H15N3O4S/c1-2-10-8(15)11-6(12)4-16-3-5(9)7(13)14/h5H,2-4,9H2,1H3,(H,13,14)(H2,10,11,12,15)/t5-/m1/s1. The van der Waals surface area contributed by atoms with E-state index in [0.717, 1.165) is 11.8 Å². The van der Waals surface area contributed by atoms with Gasteiger partial charge in [0.05, 0.1) is 5.75 Å². The maximum atomic E-state index is 11.1. The van der Waals surface area contributed by atoms with E-state index in [1.807, 2.05) is 0 Å². The summed E-state index contributed by atoms with van der Waals surface area (Å²) in [7, 11) is 0. The smallest absolute Gasteiger partial charge is 0.321 e. The Hall–Kier alpha value is -1.28. The van der Waals surface area contributed by atoms with Crippen LogP contribution in [0.4, 0.5) is 4.79 Å². The van der Waals surface area contributed by atoms with Crippen LogP contribution in [0.25, 0.3) is 0 Å². The van der Waals surface area contributed by atoms with Crippen LogP contribution in [0.15, 0.2) is 0 Å². The predicted octanol–water partition coefficient (Wildman–Crippen LogP) is -1.02. The van der Waals surface area contributed by atoms with Crippen molar-refractivity contribution < 1.29 is 19.5 Å². The maximum Gasteiger partial charge on any atom is 0.321 e. The number of amides is 3. The number of carbonyl (C=O) groups excluding carboxylic acids is 2. The number of carbonyl (C=O) groups is 3. The summed E-state index contributed by atoms with van der Waals surface area (Å²) >= 11 is 1.06. The number of carboxylic acids is 1. The van der Waals surface area contributed by atoms with Gasteiger partial charge in [0.25, 0.3) is 0 Å². The second-order valence-electron chi connectivity index (χ2n) is 2.87. The molecule has 0 aliphatic rings. The van der Waals surface area contributed by atoms with Crippen LogP contribution in [-0.2, 0) is 9.59 Å². The number of carboxylic acid groups (broad SMARTS) is 1. The molecule has 0 unspecified atom stereocenters. The largest absolute Gasteiger partial charge is 0.480 e. The highest BCUT2D eigenvalue weighted by atomic mass is 32.2. The number of aliphatic carboxylic acids is 1. The molecule has 0 spiro atoms. The van der Waals surface area contributed by atoms with Gasteiger partial charge in [-0.1, -0.05) is 0 Å². The summed E-state index contributed by atoms with van der Waals surface area (Å²) in [6, 6.07) is -1.56. The molecular weight excluding hydrogens is 234 g/mol. The molecule has 0 aromatic heterocycles. The van der Waals surface area contributed by atoms with Crippen molar-refractivity contribution in [2.75, 3.05) is 18.1 Å². The lowest BCUT2D eigenvalue weighted by atomic mass is 10.4. The van der Waals surface area contributed by atoms with Gasteiger partial charge in [-0.2, -0.15) is 0 Å². The number of urea groups is 1. The van der Waals surface area contributed by atoms with Gasteiger partial charge >= 0.3 is 12.0 Å². The zero-order chi connectivity index (χ0) is 12.6. The minimum absolute atomic E-state index is 0.00187. The summed E-state index contributed by atoms with van der Waals surface area (Å²) in [5.41, 5.74) is 5.22. The number of hydrogen-bond acceptors (Lipinski definition) is 5. The van der Waals surface area contributed by atoms with Crippen LogP contribution >= 0.6 is 11.8 Å².